The number of carbonyl (C=O) groups excluding carboxylic acids is 1. The van der Waals surface area contributed by atoms with E-state index in [4.69, 9.17) is 0 Å². The predicted molar refractivity (Wildman–Crippen MR) is 54.7 cm³/mol. The Bertz CT molecular complexity index is 175. The Morgan fingerprint density at radius 1 is 1.14 bits per heavy atom. The SMILES string of the molecule is C1CN2CCN2C1.CCOC(=O)CC. The topological polar surface area (TPSA) is 32.8 Å². The molecule has 0 aromatic rings. The molecule has 2 heterocycles. The van der Waals surface area contributed by atoms with E-state index in [1.807, 2.05) is 0 Å². The fraction of sp³-hybridized carbons (Fsp3) is 0.900. The first kappa shape index (κ1) is 11.5. The molecule has 2 aliphatic heterocycles. The van der Waals surface area contributed by atoms with Crippen molar-refractivity contribution >= 4 is 5.97 Å². The van der Waals surface area contributed by atoms with Crippen molar-refractivity contribution in [1.82, 2.24) is 10.0 Å². The van der Waals surface area contributed by atoms with E-state index in [9.17, 15) is 4.79 Å². The van der Waals surface area contributed by atoms with Crippen LogP contribution in [0.3, 0.4) is 0 Å². The maximum atomic E-state index is 10.2. The van der Waals surface area contributed by atoms with E-state index >= 15 is 0 Å². The van der Waals surface area contributed by atoms with Crippen LogP contribution in [0.25, 0.3) is 0 Å². The Morgan fingerprint density at radius 3 is 1.93 bits per heavy atom. The van der Waals surface area contributed by atoms with E-state index in [0.717, 1.165) is 0 Å². The van der Waals surface area contributed by atoms with Crippen molar-refractivity contribution in [2.75, 3.05) is 32.8 Å². The fourth-order valence-electron chi connectivity index (χ4n) is 1.59. The quantitative estimate of drug-likeness (QED) is 0.620. The van der Waals surface area contributed by atoms with Gasteiger partial charge in [-0.1, -0.05) is 6.92 Å². The van der Waals surface area contributed by atoms with Crippen molar-refractivity contribution in [2.24, 2.45) is 0 Å². The summed E-state index contributed by atoms with van der Waals surface area (Å²) in [7, 11) is 0. The van der Waals surface area contributed by atoms with Crippen LogP contribution in [0.15, 0.2) is 0 Å². The van der Waals surface area contributed by atoms with Crippen molar-refractivity contribution in [2.45, 2.75) is 26.7 Å². The number of hydrogen-bond donors (Lipinski definition) is 0. The van der Waals surface area contributed by atoms with Gasteiger partial charge in [0.2, 0.25) is 0 Å². The zero-order chi connectivity index (χ0) is 10.4. The molecular weight excluding hydrogens is 180 g/mol. The minimum atomic E-state index is -0.123. The molecule has 0 amide bonds. The summed E-state index contributed by atoms with van der Waals surface area (Å²) in [5, 5.41) is 4.83. The van der Waals surface area contributed by atoms with Crippen LogP contribution in [0.4, 0.5) is 0 Å². The number of carbonyl (C=O) groups is 1. The third-order valence-corrected chi connectivity index (χ3v) is 2.44. The van der Waals surface area contributed by atoms with Crippen molar-refractivity contribution in [3.05, 3.63) is 0 Å². The molecule has 4 nitrogen and oxygen atoms in total. The number of rotatable bonds is 2. The van der Waals surface area contributed by atoms with Gasteiger partial charge in [-0.25, -0.2) is 10.0 Å². The second-order valence-electron chi connectivity index (χ2n) is 3.42. The van der Waals surface area contributed by atoms with Crippen LogP contribution >= 0.6 is 0 Å². The van der Waals surface area contributed by atoms with E-state index in [1.165, 1.54) is 32.6 Å². The van der Waals surface area contributed by atoms with Gasteiger partial charge >= 0.3 is 5.97 Å². The Balaban J connectivity index is 0.000000140. The largest absolute Gasteiger partial charge is 0.466 e. The third-order valence-electron chi connectivity index (χ3n) is 2.44. The molecule has 2 fully saturated rings. The van der Waals surface area contributed by atoms with Gasteiger partial charge in [0.1, 0.15) is 0 Å². The number of esters is 1. The maximum Gasteiger partial charge on any atom is 0.305 e. The fourth-order valence-corrected chi connectivity index (χ4v) is 1.59. The van der Waals surface area contributed by atoms with Crippen LogP contribution in [0.1, 0.15) is 26.7 Å². The van der Waals surface area contributed by atoms with Crippen LogP contribution < -0.4 is 0 Å². The number of hydrogen-bond acceptors (Lipinski definition) is 4. The highest BCUT2D eigenvalue weighted by atomic mass is 16.5. The minimum absolute atomic E-state index is 0.123. The summed E-state index contributed by atoms with van der Waals surface area (Å²) < 4.78 is 4.55. The monoisotopic (exact) mass is 200 g/mol. The summed E-state index contributed by atoms with van der Waals surface area (Å²) >= 11 is 0. The first-order valence-electron chi connectivity index (χ1n) is 5.43. The normalized spacial score (nSPS) is 20.4. The van der Waals surface area contributed by atoms with Gasteiger partial charge in [0, 0.05) is 32.6 Å². The molecule has 2 rings (SSSR count). The van der Waals surface area contributed by atoms with Crippen molar-refractivity contribution in [3.8, 4) is 0 Å². The van der Waals surface area contributed by atoms with E-state index in [2.05, 4.69) is 14.8 Å². The summed E-state index contributed by atoms with van der Waals surface area (Å²) in [6, 6.07) is 0. The highest BCUT2D eigenvalue weighted by molar-refractivity contribution is 5.68. The van der Waals surface area contributed by atoms with Crippen molar-refractivity contribution in [3.63, 3.8) is 0 Å². The molecule has 0 atom stereocenters. The Labute approximate surface area is 85.8 Å². The van der Waals surface area contributed by atoms with Crippen LogP contribution in [-0.2, 0) is 9.53 Å². The lowest BCUT2D eigenvalue weighted by molar-refractivity contribution is -0.142. The van der Waals surface area contributed by atoms with Gasteiger partial charge in [0.15, 0.2) is 0 Å². The number of ether oxygens (including phenoxy) is 1. The number of hydrazine groups is 1. The summed E-state index contributed by atoms with van der Waals surface area (Å²) in [6.07, 6.45) is 1.87. The van der Waals surface area contributed by atoms with Gasteiger partial charge in [-0.15, -0.1) is 0 Å². The zero-order valence-corrected chi connectivity index (χ0v) is 9.16. The van der Waals surface area contributed by atoms with Crippen LogP contribution in [-0.4, -0.2) is 48.8 Å². The molecule has 0 aromatic heterocycles. The molecule has 14 heavy (non-hydrogen) atoms. The molecular formula is C10H20N2O2. The average Bonchev–Trinajstić information content (AvgIpc) is 2.47. The summed E-state index contributed by atoms with van der Waals surface area (Å²) in [4.78, 5) is 10.2. The Morgan fingerprint density at radius 2 is 1.71 bits per heavy atom. The van der Waals surface area contributed by atoms with Crippen molar-refractivity contribution in [1.29, 1.82) is 0 Å². The summed E-state index contributed by atoms with van der Waals surface area (Å²) in [6.45, 7) is 9.35. The molecule has 2 aliphatic rings. The minimum Gasteiger partial charge on any atom is -0.466 e. The van der Waals surface area contributed by atoms with Gasteiger partial charge < -0.3 is 4.74 Å². The van der Waals surface area contributed by atoms with Crippen molar-refractivity contribution < 1.29 is 9.53 Å². The lowest BCUT2D eigenvalue weighted by Crippen LogP contribution is -2.51. The molecule has 0 N–H and O–H groups in total. The Kier molecular flexibility index (Phi) is 4.90. The lowest BCUT2D eigenvalue weighted by atomic mass is 10.5. The maximum absolute atomic E-state index is 10.2. The third kappa shape index (κ3) is 3.27. The van der Waals surface area contributed by atoms with E-state index in [1.54, 1.807) is 13.8 Å². The second kappa shape index (κ2) is 5.98. The first-order valence-corrected chi connectivity index (χ1v) is 5.43. The molecule has 0 radical (unpaired) electrons. The van der Waals surface area contributed by atoms with Gasteiger partial charge in [-0.3, -0.25) is 4.79 Å². The average molecular weight is 200 g/mol. The van der Waals surface area contributed by atoms with Crippen LogP contribution in [0.2, 0.25) is 0 Å². The number of nitrogens with zero attached hydrogens (tertiary/aromatic N) is 2. The highest BCUT2D eigenvalue weighted by Crippen LogP contribution is 2.16. The number of fused-ring (bicyclic) bond motifs is 1. The van der Waals surface area contributed by atoms with Crippen LogP contribution in [0, 0.1) is 0 Å². The van der Waals surface area contributed by atoms with E-state index < -0.39 is 0 Å². The standard InChI is InChI=1S/C5H10N2.C5H10O2/c1-2-6-4-5-7(6)3-1;1-3-5(6)7-4-2/h1-5H2;3-4H2,1-2H3. The predicted octanol–water partition coefficient (Wildman–Crippen LogP) is 0.882. The molecule has 0 bridgehead atoms. The van der Waals surface area contributed by atoms with Gasteiger partial charge in [-0.2, -0.15) is 0 Å². The smallest absolute Gasteiger partial charge is 0.305 e. The summed E-state index contributed by atoms with van der Waals surface area (Å²) in [5.41, 5.74) is 0. The molecule has 0 unspecified atom stereocenters. The molecule has 82 valence electrons. The summed E-state index contributed by atoms with van der Waals surface area (Å²) in [5.74, 6) is -0.123. The van der Waals surface area contributed by atoms with E-state index in [-0.39, 0.29) is 5.97 Å². The molecule has 0 saturated carbocycles. The Hall–Kier alpha value is -0.610. The molecule has 0 aliphatic carbocycles. The van der Waals surface area contributed by atoms with Gasteiger partial charge in [0.05, 0.1) is 6.61 Å². The van der Waals surface area contributed by atoms with Gasteiger partial charge in [-0.05, 0) is 13.3 Å². The molecule has 2 saturated heterocycles. The highest BCUT2D eigenvalue weighted by Gasteiger charge is 2.28. The molecule has 4 heteroatoms. The second-order valence-corrected chi connectivity index (χ2v) is 3.42. The lowest BCUT2D eigenvalue weighted by Gasteiger charge is -2.37. The zero-order valence-electron chi connectivity index (χ0n) is 9.16. The first-order chi connectivity index (χ1) is 6.77. The van der Waals surface area contributed by atoms with Gasteiger partial charge in [0.25, 0.3) is 0 Å². The molecule has 0 aromatic carbocycles. The van der Waals surface area contributed by atoms with E-state index in [0.29, 0.717) is 13.0 Å². The van der Waals surface area contributed by atoms with Crippen LogP contribution in [0.5, 0.6) is 0 Å². The molecule has 0 spiro atoms.